The van der Waals surface area contributed by atoms with Crippen LogP contribution in [0.2, 0.25) is 0 Å². The van der Waals surface area contributed by atoms with Crippen molar-refractivity contribution in [3.05, 3.63) is 29.8 Å². The highest BCUT2D eigenvalue weighted by Crippen LogP contribution is 2.23. The van der Waals surface area contributed by atoms with Crippen LogP contribution in [0, 0.1) is 11.3 Å². The van der Waals surface area contributed by atoms with Crippen LogP contribution in [0.1, 0.15) is 24.8 Å². The van der Waals surface area contributed by atoms with Gasteiger partial charge in [-0.15, -0.1) is 0 Å². The minimum atomic E-state index is -0.766. The van der Waals surface area contributed by atoms with Gasteiger partial charge in [-0.2, -0.15) is 5.26 Å². The number of anilines is 1. The average Bonchev–Trinajstić information content (AvgIpc) is 2.47. The molecule has 1 heterocycles. The van der Waals surface area contributed by atoms with E-state index in [1.54, 1.807) is 0 Å². The first-order chi connectivity index (χ1) is 9.70. The van der Waals surface area contributed by atoms with Gasteiger partial charge in [0.1, 0.15) is 6.07 Å². The average molecular weight is 273 g/mol. The first-order valence-corrected chi connectivity index (χ1v) is 6.90. The first-order valence-electron chi connectivity index (χ1n) is 6.90. The Morgan fingerprint density at radius 3 is 2.75 bits per heavy atom. The fourth-order valence-electron chi connectivity index (χ4n) is 2.55. The third-order valence-electron chi connectivity index (χ3n) is 3.63. The predicted molar refractivity (Wildman–Crippen MR) is 76.6 cm³/mol. The van der Waals surface area contributed by atoms with Gasteiger partial charge in [0.15, 0.2) is 0 Å². The Balaban J connectivity index is 1.85. The van der Waals surface area contributed by atoms with Gasteiger partial charge < -0.3 is 15.3 Å². The van der Waals surface area contributed by atoms with Gasteiger partial charge in [0.25, 0.3) is 0 Å². The van der Waals surface area contributed by atoms with Crippen molar-refractivity contribution in [2.75, 3.05) is 24.5 Å². The van der Waals surface area contributed by atoms with Crippen molar-refractivity contribution in [3.63, 3.8) is 0 Å². The Bertz CT molecular complexity index is 502. The van der Waals surface area contributed by atoms with Gasteiger partial charge in [-0.25, -0.2) is 0 Å². The lowest BCUT2D eigenvalue weighted by Crippen LogP contribution is -2.43. The van der Waals surface area contributed by atoms with E-state index >= 15 is 0 Å². The number of nitrogens with zero attached hydrogens (tertiary/aromatic N) is 2. The number of piperidine rings is 1. The van der Waals surface area contributed by atoms with Crippen molar-refractivity contribution < 1.29 is 9.90 Å². The molecule has 0 saturated carbocycles. The maximum absolute atomic E-state index is 10.5. The van der Waals surface area contributed by atoms with Crippen LogP contribution in [-0.4, -0.2) is 36.8 Å². The number of hydrogen-bond acceptors (Lipinski definition) is 4. The SMILES string of the molecule is N#Cc1ccccc1N1CCC(NCCC(=O)O)CC1. The summed E-state index contributed by atoms with van der Waals surface area (Å²) in [5.74, 6) is -0.766. The van der Waals surface area contributed by atoms with Crippen LogP contribution in [-0.2, 0) is 4.79 Å². The van der Waals surface area contributed by atoms with Crippen LogP contribution in [0.25, 0.3) is 0 Å². The molecule has 0 radical (unpaired) electrons. The van der Waals surface area contributed by atoms with E-state index in [4.69, 9.17) is 10.4 Å². The third kappa shape index (κ3) is 3.72. The van der Waals surface area contributed by atoms with Crippen LogP contribution >= 0.6 is 0 Å². The number of nitrogens with one attached hydrogen (secondary N) is 1. The van der Waals surface area contributed by atoms with E-state index in [0.29, 0.717) is 18.2 Å². The lowest BCUT2D eigenvalue weighted by molar-refractivity contribution is -0.136. The van der Waals surface area contributed by atoms with Crippen LogP contribution < -0.4 is 10.2 Å². The summed E-state index contributed by atoms with van der Waals surface area (Å²) in [7, 11) is 0. The molecule has 1 saturated heterocycles. The van der Waals surface area contributed by atoms with Crippen molar-refractivity contribution in [3.8, 4) is 6.07 Å². The van der Waals surface area contributed by atoms with Gasteiger partial charge in [-0.05, 0) is 25.0 Å². The summed E-state index contributed by atoms with van der Waals surface area (Å²) >= 11 is 0. The number of benzene rings is 1. The largest absolute Gasteiger partial charge is 0.481 e. The molecule has 0 spiro atoms. The number of hydrogen-bond donors (Lipinski definition) is 2. The molecule has 0 aliphatic carbocycles. The first kappa shape index (κ1) is 14.4. The lowest BCUT2D eigenvalue weighted by Gasteiger charge is -2.34. The van der Waals surface area contributed by atoms with Crippen LogP contribution in [0.15, 0.2) is 24.3 Å². The molecule has 5 nitrogen and oxygen atoms in total. The normalized spacial score (nSPS) is 15.8. The van der Waals surface area contributed by atoms with Gasteiger partial charge in [-0.1, -0.05) is 12.1 Å². The quantitative estimate of drug-likeness (QED) is 0.852. The second-order valence-corrected chi connectivity index (χ2v) is 4.99. The van der Waals surface area contributed by atoms with E-state index in [1.165, 1.54) is 0 Å². The summed E-state index contributed by atoms with van der Waals surface area (Å²) in [6, 6.07) is 10.3. The standard InChI is InChI=1S/C15H19N3O2/c16-11-12-3-1-2-4-14(12)18-9-6-13(7-10-18)17-8-5-15(19)20/h1-4,13,17H,5-10H2,(H,19,20). The van der Waals surface area contributed by atoms with Crippen molar-refractivity contribution in [2.45, 2.75) is 25.3 Å². The highest BCUT2D eigenvalue weighted by molar-refractivity contribution is 5.66. The summed E-state index contributed by atoms with van der Waals surface area (Å²) < 4.78 is 0. The number of para-hydroxylation sites is 1. The summed E-state index contributed by atoms with van der Waals surface area (Å²) in [5.41, 5.74) is 1.71. The Labute approximate surface area is 118 Å². The number of carbonyl (C=O) groups is 1. The van der Waals surface area contributed by atoms with Gasteiger partial charge in [-0.3, -0.25) is 4.79 Å². The molecule has 2 rings (SSSR count). The van der Waals surface area contributed by atoms with Crippen LogP contribution in [0.3, 0.4) is 0 Å². The number of aliphatic carboxylic acids is 1. The number of carboxylic acid groups (broad SMARTS) is 1. The zero-order chi connectivity index (χ0) is 14.4. The fourth-order valence-corrected chi connectivity index (χ4v) is 2.55. The molecular weight excluding hydrogens is 254 g/mol. The number of rotatable bonds is 5. The molecule has 0 bridgehead atoms. The van der Waals surface area contributed by atoms with E-state index in [1.807, 2.05) is 24.3 Å². The van der Waals surface area contributed by atoms with Gasteiger partial charge >= 0.3 is 5.97 Å². The van der Waals surface area contributed by atoms with Crippen molar-refractivity contribution >= 4 is 11.7 Å². The highest BCUT2D eigenvalue weighted by Gasteiger charge is 2.20. The molecule has 0 unspecified atom stereocenters. The van der Waals surface area contributed by atoms with E-state index in [9.17, 15) is 4.79 Å². The molecule has 2 N–H and O–H groups in total. The van der Waals surface area contributed by atoms with E-state index in [-0.39, 0.29) is 6.42 Å². The molecule has 1 aromatic rings. The molecule has 0 amide bonds. The molecule has 0 aromatic heterocycles. The lowest BCUT2D eigenvalue weighted by atomic mass is 10.0. The van der Waals surface area contributed by atoms with Gasteiger partial charge in [0, 0.05) is 25.7 Å². The van der Waals surface area contributed by atoms with E-state index < -0.39 is 5.97 Å². The molecule has 20 heavy (non-hydrogen) atoms. The third-order valence-corrected chi connectivity index (χ3v) is 3.63. The molecule has 5 heteroatoms. The van der Waals surface area contributed by atoms with Gasteiger partial charge in [0.05, 0.1) is 17.7 Å². The molecule has 106 valence electrons. The molecule has 1 fully saturated rings. The predicted octanol–water partition coefficient (Wildman–Crippen LogP) is 1.59. The van der Waals surface area contributed by atoms with E-state index in [2.05, 4.69) is 16.3 Å². The van der Waals surface area contributed by atoms with Crippen molar-refractivity contribution in [1.29, 1.82) is 5.26 Å². The Kier molecular flexibility index (Phi) is 4.97. The van der Waals surface area contributed by atoms with Gasteiger partial charge in [0.2, 0.25) is 0 Å². The minimum absolute atomic E-state index is 0.164. The molecular formula is C15H19N3O2. The van der Waals surface area contributed by atoms with Crippen LogP contribution in [0.5, 0.6) is 0 Å². The maximum atomic E-state index is 10.5. The molecule has 1 aromatic carbocycles. The molecule has 1 aliphatic rings. The summed E-state index contributed by atoms with van der Waals surface area (Å²) in [4.78, 5) is 12.7. The highest BCUT2D eigenvalue weighted by atomic mass is 16.4. The van der Waals surface area contributed by atoms with Crippen molar-refractivity contribution in [2.24, 2.45) is 0 Å². The van der Waals surface area contributed by atoms with E-state index in [0.717, 1.165) is 31.6 Å². The summed E-state index contributed by atoms with van der Waals surface area (Å²) in [5, 5.41) is 21.0. The Hall–Kier alpha value is -2.06. The zero-order valence-corrected chi connectivity index (χ0v) is 11.4. The monoisotopic (exact) mass is 273 g/mol. The fraction of sp³-hybridized carbons (Fsp3) is 0.467. The maximum Gasteiger partial charge on any atom is 0.304 e. The second kappa shape index (κ2) is 6.92. The minimum Gasteiger partial charge on any atom is -0.481 e. The smallest absolute Gasteiger partial charge is 0.304 e. The Morgan fingerprint density at radius 1 is 1.40 bits per heavy atom. The Morgan fingerprint density at radius 2 is 2.10 bits per heavy atom. The second-order valence-electron chi connectivity index (χ2n) is 4.99. The zero-order valence-electron chi connectivity index (χ0n) is 11.4. The van der Waals surface area contributed by atoms with Crippen molar-refractivity contribution in [1.82, 2.24) is 5.32 Å². The molecule has 1 aliphatic heterocycles. The summed E-state index contributed by atoms with van der Waals surface area (Å²) in [6.45, 7) is 2.31. The number of carboxylic acids is 1. The molecule has 0 atom stereocenters. The number of nitriles is 1. The topological polar surface area (TPSA) is 76.4 Å². The summed E-state index contributed by atoms with van der Waals surface area (Å²) in [6.07, 6.45) is 2.11. The van der Waals surface area contributed by atoms with Crippen LogP contribution in [0.4, 0.5) is 5.69 Å².